The molecule has 5 heteroatoms. The number of aromatic nitrogens is 1. The van der Waals surface area contributed by atoms with E-state index in [0.29, 0.717) is 6.42 Å². The third kappa shape index (κ3) is 3.58. The molecule has 1 saturated heterocycles. The fourth-order valence-corrected chi connectivity index (χ4v) is 3.48. The van der Waals surface area contributed by atoms with E-state index < -0.39 is 0 Å². The summed E-state index contributed by atoms with van der Waals surface area (Å²) in [5, 5.41) is 4.22. The third-order valence-electron chi connectivity index (χ3n) is 4.71. The Morgan fingerprint density at radius 2 is 1.96 bits per heavy atom. The highest BCUT2D eigenvalue weighted by atomic mass is 16.5. The molecule has 1 amide bonds. The minimum absolute atomic E-state index is 0.00248. The van der Waals surface area contributed by atoms with Gasteiger partial charge < -0.3 is 19.9 Å². The van der Waals surface area contributed by atoms with Crippen LogP contribution < -0.4 is 10.2 Å². The number of nitrogens with zero attached hydrogens (tertiary/aromatic N) is 1. The molecule has 3 aromatic rings. The number of carbonyl (C=O) groups excluding carboxylic acids is 1. The lowest BCUT2D eigenvalue weighted by Crippen LogP contribution is -2.36. The summed E-state index contributed by atoms with van der Waals surface area (Å²) >= 11 is 0. The fourth-order valence-electron chi connectivity index (χ4n) is 3.48. The molecule has 2 aromatic carbocycles. The summed E-state index contributed by atoms with van der Waals surface area (Å²) in [5.74, 6) is -0.00248. The number of para-hydroxylation sites is 2. The van der Waals surface area contributed by atoms with E-state index in [2.05, 4.69) is 33.4 Å². The van der Waals surface area contributed by atoms with Crippen molar-refractivity contribution in [3.05, 3.63) is 59.8 Å². The van der Waals surface area contributed by atoms with Gasteiger partial charge in [-0.15, -0.1) is 0 Å². The Labute approximate surface area is 153 Å². The van der Waals surface area contributed by atoms with Crippen LogP contribution in [0.4, 0.5) is 11.4 Å². The maximum absolute atomic E-state index is 12.6. The molecule has 1 aliphatic heterocycles. The molecule has 1 aromatic heterocycles. The van der Waals surface area contributed by atoms with Crippen LogP contribution >= 0.6 is 0 Å². The Kier molecular flexibility index (Phi) is 4.63. The second-order valence-corrected chi connectivity index (χ2v) is 6.72. The van der Waals surface area contributed by atoms with Crippen molar-refractivity contribution in [3.8, 4) is 0 Å². The molecule has 0 spiro atoms. The van der Waals surface area contributed by atoms with Gasteiger partial charge in [0.05, 0.1) is 31.0 Å². The van der Waals surface area contributed by atoms with Crippen molar-refractivity contribution in [1.29, 1.82) is 0 Å². The maximum Gasteiger partial charge on any atom is 0.228 e. The average Bonchev–Trinajstić information content (AvgIpc) is 3.02. The van der Waals surface area contributed by atoms with E-state index >= 15 is 0 Å². The molecule has 1 fully saturated rings. The number of anilines is 2. The molecule has 2 N–H and O–H groups in total. The van der Waals surface area contributed by atoms with E-state index in [-0.39, 0.29) is 5.91 Å². The Bertz CT molecular complexity index is 926. The van der Waals surface area contributed by atoms with E-state index in [1.807, 2.05) is 37.3 Å². The number of hydrogen-bond acceptors (Lipinski definition) is 3. The molecule has 2 heterocycles. The van der Waals surface area contributed by atoms with Gasteiger partial charge in [0.2, 0.25) is 5.91 Å². The van der Waals surface area contributed by atoms with Gasteiger partial charge in [0.15, 0.2) is 0 Å². The van der Waals surface area contributed by atoms with E-state index in [1.54, 1.807) is 0 Å². The summed E-state index contributed by atoms with van der Waals surface area (Å²) in [5.41, 5.74) is 5.15. The van der Waals surface area contributed by atoms with E-state index in [1.165, 1.54) is 0 Å². The molecular formula is C21H23N3O2. The van der Waals surface area contributed by atoms with Gasteiger partial charge in [0.25, 0.3) is 0 Å². The van der Waals surface area contributed by atoms with Crippen LogP contribution in [0, 0.1) is 6.92 Å². The van der Waals surface area contributed by atoms with Gasteiger partial charge in [-0.25, -0.2) is 0 Å². The van der Waals surface area contributed by atoms with Gasteiger partial charge in [-0.2, -0.15) is 0 Å². The van der Waals surface area contributed by atoms with Crippen molar-refractivity contribution in [2.24, 2.45) is 0 Å². The van der Waals surface area contributed by atoms with Gasteiger partial charge in [0.1, 0.15) is 0 Å². The molecule has 5 nitrogen and oxygen atoms in total. The number of benzene rings is 2. The van der Waals surface area contributed by atoms with Crippen molar-refractivity contribution in [2.45, 2.75) is 13.3 Å². The highest BCUT2D eigenvalue weighted by Crippen LogP contribution is 2.26. The summed E-state index contributed by atoms with van der Waals surface area (Å²) in [6, 6.07) is 16.2. The molecule has 0 saturated carbocycles. The number of fused-ring (bicyclic) bond motifs is 1. The fraction of sp³-hybridized carbons (Fsp3) is 0.286. The molecule has 0 unspecified atom stereocenters. The minimum atomic E-state index is -0.00248. The second kappa shape index (κ2) is 7.22. The van der Waals surface area contributed by atoms with Crippen LogP contribution in [0.15, 0.2) is 48.5 Å². The predicted molar refractivity (Wildman–Crippen MR) is 105 cm³/mol. The largest absolute Gasteiger partial charge is 0.378 e. The Morgan fingerprint density at radius 1 is 1.15 bits per heavy atom. The average molecular weight is 349 g/mol. The Hall–Kier alpha value is -2.79. The Balaban J connectivity index is 1.49. The number of morpholine rings is 1. The van der Waals surface area contributed by atoms with Gasteiger partial charge in [-0.3, -0.25) is 4.79 Å². The minimum Gasteiger partial charge on any atom is -0.378 e. The number of ether oxygens (including phenoxy) is 1. The van der Waals surface area contributed by atoms with Crippen molar-refractivity contribution in [2.75, 3.05) is 36.5 Å². The molecule has 26 heavy (non-hydrogen) atoms. The van der Waals surface area contributed by atoms with Crippen LogP contribution in [0.2, 0.25) is 0 Å². The summed E-state index contributed by atoms with van der Waals surface area (Å²) < 4.78 is 5.43. The molecule has 0 bridgehead atoms. The molecule has 1 aliphatic rings. The van der Waals surface area contributed by atoms with E-state index in [0.717, 1.165) is 59.8 Å². The van der Waals surface area contributed by atoms with Crippen molar-refractivity contribution < 1.29 is 9.53 Å². The highest BCUT2D eigenvalue weighted by molar-refractivity contribution is 5.96. The molecule has 4 rings (SSSR count). The van der Waals surface area contributed by atoms with Gasteiger partial charge in [-0.05, 0) is 48.2 Å². The SMILES string of the molecule is Cc1cc2cc(CC(=O)Nc3ccccc3N3CCOCC3)ccc2[nH]1. The summed E-state index contributed by atoms with van der Waals surface area (Å²) in [6.07, 6.45) is 0.359. The van der Waals surface area contributed by atoms with Crippen LogP contribution in [0.25, 0.3) is 10.9 Å². The number of aromatic amines is 1. The quantitative estimate of drug-likeness (QED) is 0.758. The number of carbonyl (C=O) groups is 1. The van der Waals surface area contributed by atoms with Crippen LogP contribution in [0.5, 0.6) is 0 Å². The molecule has 0 atom stereocenters. The molecule has 0 radical (unpaired) electrons. The van der Waals surface area contributed by atoms with Crippen LogP contribution in [0.1, 0.15) is 11.3 Å². The van der Waals surface area contributed by atoms with Gasteiger partial charge in [0, 0.05) is 24.3 Å². The zero-order valence-electron chi connectivity index (χ0n) is 14.9. The van der Waals surface area contributed by atoms with Crippen LogP contribution in [0.3, 0.4) is 0 Å². The standard InChI is InChI=1S/C21H23N3O2/c1-15-12-17-13-16(6-7-18(17)22-15)14-21(25)23-19-4-2-3-5-20(19)24-8-10-26-11-9-24/h2-7,12-13,22H,8-11,14H2,1H3,(H,23,25). The van der Waals surface area contributed by atoms with E-state index in [4.69, 9.17) is 4.74 Å². The first kappa shape index (κ1) is 16.7. The topological polar surface area (TPSA) is 57.4 Å². The lowest BCUT2D eigenvalue weighted by molar-refractivity contribution is -0.115. The molecule has 0 aliphatic carbocycles. The smallest absolute Gasteiger partial charge is 0.228 e. The lowest BCUT2D eigenvalue weighted by Gasteiger charge is -2.30. The van der Waals surface area contributed by atoms with E-state index in [9.17, 15) is 4.79 Å². The first-order valence-corrected chi connectivity index (χ1v) is 8.99. The van der Waals surface area contributed by atoms with Crippen molar-refractivity contribution in [1.82, 2.24) is 4.98 Å². The maximum atomic E-state index is 12.6. The monoisotopic (exact) mass is 349 g/mol. The molecular weight excluding hydrogens is 326 g/mol. The lowest BCUT2D eigenvalue weighted by atomic mass is 10.1. The predicted octanol–water partition coefficient (Wildman–Crippen LogP) is 3.49. The number of aryl methyl sites for hydroxylation is 1. The highest BCUT2D eigenvalue weighted by Gasteiger charge is 2.16. The number of amides is 1. The Morgan fingerprint density at radius 3 is 2.81 bits per heavy atom. The summed E-state index contributed by atoms with van der Waals surface area (Å²) in [6.45, 7) is 5.17. The first-order valence-electron chi connectivity index (χ1n) is 8.99. The van der Waals surface area contributed by atoms with Crippen molar-refractivity contribution >= 4 is 28.2 Å². The summed E-state index contributed by atoms with van der Waals surface area (Å²) in [4.78, 5) is 18.2. The third-order valence-corrected chi connectivity index (χ3v) is 4.71. The van der Waals surface area contributed by atoms with Crippen molar-refractivity contribution in [3.63, 3.8) is 0 Å². The van der Waals surface area contributed by atoms with Crippen LogP contribution in [-0.4, -0.2) is 37.2 Å². The number of nitrogens with one attached hydrogen (secondary N) is 2. The normalized spacial score (nSPS) is 14.6. The second-order valence-electron chi connectivity index (χ2n) is 6.72. The number of rotatable bonds is 4. The first-order chi connectivity index (χ1) is 12.7. The zero-order valence-corrected chi connectivity index (χ0v) is 14.9. The van der Waals surface area contributed by atoms with Gasteiger partial charge >= 0.3 is 0 Å². The number of hydrogen-bond donors (Lipinski definition) is 2. The molecule has 134 valence electrons. The van der Waals surface area contributed by atoms with Crippen LogP contribution in [-0.2, 0) is 16.0 Å². The summed E-state index contributed by atoms with van der Waals surface area (Å²) in [7, 11) is 0. The number of H-pyrrole nitrogens is 1. The van der Waals surface area contributed by atoms with Gasteiger partial charge in [-0.1, -0.05) is 18.2 Å². The zero-order chi connectivity index (χ0) is 17.9.